The molecular formula is C14H16N2O2S. The lowest BCUT2D eigenvalue weighted by Crippen LogP contribution is -2.00. The Morgan fingerprint density at radius 2 is 1.84 bits per heavy atom. The van der Waals surface area contributed by atoms with Crippen LogP contribution in [0.4, 0.5) is 5.69 Å². The van der Waals surface area contributed by atoms with Gasteiger partial charge in [-0.05, 0) is 36.4 Å². The fourth-order valence-corrected chi connectivity index (χ4v) is 2.12. The maximum atomic E-state index is 5.62. The van der Waals surface area contributed by atoms with E-state index in [0.717, 1.165) is 22.3 Å². The highest BCUT2D eigenvalue weighted by Gasteiger charge is 1.98. The molecule has 2 aromatic rings. The monoisotopic (exact) mass is 276 g/mol. The number of methoxy groups -OCH3 is 1. The smallest absolute Gasteiger partial charge is 0.119 e. The minimum atomic E-state index is 0.628. The Labute approximate surface area is 116 Å². The van der Waals surface area contributed by atoms with E-state index in [2.05, 4.69) is 4.98 Å². The van der Waals surface area contributed by atoms with Gasteiger partial charge in [-0.25, -0.2) is 4.98 Å². The standard InChI is InChI=1S/C14H16N2O2S/c1-17-12-3-5-13(6-4-12)18-8-9-19-14-7-2-11(15)10-16-14/h2-7,10H,8-9,15H2,1H3. The summed E-state index contributed by atoms with van der Waals surface area (Å²) in [5.41, 5.74) is 6.25. The highest BCUT2D eigenvalue weighted by Crippen LogP contribution is 2.19. The van der Waals surface area contributed by atoms with Gasteiger partial charge in [-0.1, -0.05) is 0 Å². The molecule has 0 atom stereocenters. The molecule has 0 spiro atoms. The van der Waals surface area contributed by atoms with Gasteiger partial charge in [0.15, 0.2) is 0 Å². The molecule has 0 aliphatic heterocycles. The number of anilines is 1. The number of ether oxygens (including phenoxy) is 2. The molecule has 0 amide bonds. The summed E-state index contributed by atoms with van der Waals surface area (Å²) in [6.07, 6.45) is 1.66. The first-order valence-corrected chi connectivity index (χ1v) is 6.87. The molecule has 0 saturated heterocycles. The number of benzene rings is 1. The Kier molecular flexibility index (Phi) is 4.92. The Balaban J connectivity index is 1.72. The molecule has 0 aliphatic carbocycles. The molecule has 0 bridgehead atoms. The Bertz CT molecular complexity index is 500. The lowest BCUT2D eigenvalue weighted by molar-refractivity contribution is 0.342. The zero-order chi connectivity index (χ0) is 13.5. The fourth-order valence-electron chi connectivity index (χ4n) is 1.45. The largest absolute Gasteiger partial charge is 0.497 e. The highest BCUT2D eigenvalue weighted by molar-refractivity contribution is 7.99. The number of rotatable bonds is 6. The van der Waals surface area contributed by atoms with Gasteiger partial charge in [-0.3, -0.25) is 0 Å². The van der Waals surface area contributed by atoms with Crippen molar-refractivity contribution in [3.63, 3.8) is 0 Å². The molecule has 1 aromatic heterocycles. The normalized spacial score (nSPS) is 10.2. The van der Waals surface area contributed by atoms with Crippen molar-refractivity contribution in [3.8, 4) is 11.5 Å². The van der Waals surface area contributed by atoms with Crippen LogP contribution in [-0.4, -0.2) is 24.5 Å². The van der Waals surface area contributed by atoms with Crippen molar-refractivity contribution in [1.82, 2.24) is 4.98 Å². The maximum absolute atomic E-state index is 5.62. The van der Waals surface area contributed by atoms with Crippen LogP contribution in [0.1, 0.15) is 0 Å². The molecular weight excluding hydrogens is 260 g/mol. The number of nitrogens with zero attached hydrogens (tertiary/aromatic N) is 1. The molecule has 1 heterocycles. The lowest BCUT2D eigenvalue weighted by atomic mass is 10.3. The first-order valence-electron chi connectivity index (χ1n) is 5.89. The third kappa shape index (κ3) is 4.37. The summed E-state index contributed by atoms with van der Waals surface area (Å²) >= 11 is 1.64. The molecule has 4 nitrogen and oxygen atoms in total. The molecule has 0 radical (unpaired) electrons. The van der Waals surface area contributed by atoms with Crippen molar-refractivity contribution in [2.75, 3.05) is 25.2 Å². The molecule has 1 aromatic carbocycles. The first-order chi connectivity index (χ1) is 9.28. The Morgan fingerprint density at radius 3 is 2.47 bits per heavy atom. The van der Waals surface area contributed by atoms with Crippen molar-refractivity contribution < 1.29 is 9.47 Å². The summed E-state index contributed by atoms with van der Waals surface area (Å²) in [6.45, 7) is 0.628. The van der Waals surface area contributed by atoms with Gasteiger partial charge in [0.2, 0.25) is 0 Å². The Morgan fingerprint density at radius 1 is 1.11 bits per heavy atom. The number of thioether (sulfide) groups is 1. The first kappa shape index (κ1) is 13.5. The van der Waals surface area contributed by atoms with E-state index in [9.17, 15) is 0 Å². The van der Waals surface area contributed by atoms with Crippen LogP contribution < -0.4 is 15.2 Å². The molecule has 0 fully saturated rings. The van der Waals surface area contributed by atoms with Crippen LogP contribution in [0.5, 0.6) is 11.5 Å². The summed E-state index contributed by atoms with van der Waals surface area (Å²) in [6, 6.07) is 11.3. The van der Waals surface area contributed by atoms with Crippen molar-refractivity contribution in [2.45, 2.75) is 5.03 Å². The quantitative estimate of drug-likeness (QED) is 0.649. The second kappa shape index (κ2) is 6.89. The Hall–Kier alpha value is -1.88. The van der Waals surface area contributed by atoms with E-state index in [1.807, 2.05) is 36.4 Å². The summed E-state index contributed by atoms with van der Waals surface area (Å²) in [7, 11) is 1.64. The minimum absolute atomic E-state index is 0.628. The van der Waals surface area contributed by atoms with Crippen molar-refractivity contribution in [1.29, 1.82) is 0 Å². The number of pyridine rings is 1. The summed E-state index contributed by atoms with van der Waals surface area (Å²) < 4.78 is 10.7. The van der Waals surface area contributed by atoms with Crippen LogP contribution in [0.2, 0.25) is 0 Å². The molecule has 0 unspecified atom stereocenters. The van der Waals surface area contributed by atoms with E-state index in [4.69, 9.17) is 15.2 Å². The van der Waals surface area contributed by atoms with Gasteiger partial charge in [0.25, 0.3) is 0 Å². The van der Waals surface area contributed by atoms with Gasteiger partial charge in [-0.2, -0.15) is 0 Å². The predicted octanol–water partition coefficient (Wildman–Crippen LogP) is 2.84. The maximum Gasteiger partial charge on any atom is 0.119 e. The summed E-state index contributed by atoms with van der Waals surface area (Å²) in [5.74, 6) is 2.50. The van der Waals surface area contributed by atoms with Gasteiger partial charge in [0, 0.05) is 5.75 Å². The van der Waals surface area contributed by atoms with Gasteiger partial charge in [-0.15, -0.1) is 11.8 Å². The van der Waals surface area contributed by atoms with E-state index in [0.29, 0.717) is 12.3 Å². The third-order valence-corrected chi connectivity index (χ3v) is 3.33. The molecule has 5 heteroatoms. The topological polar surface area (TPSA) is 57.4 Å². The van der Waals surface area contributed by atoms with Crippen LogP contribution in [0.25, 0.3) is 0 Å². The number of nitrogen functional groups attached to an aromatic ring is 1. The zero-order valence-corrected chi connectivity index (χ0v) is 11.5. The fraction of sp³-hybridized carbons (Fsp3) is 0.214. The lowest BCUT2D eigenvalue weighted by Gasteiger charge is -2.06. The zero-order valence-electron chi connectivity index (χ0n) is 10.7. The van der Waals surface area contributed by atoms with Crippen LogP contribution in [0.15, 0.2) is 47.6 Å². The van der Waals surface area contributed by atoms with Crippen LogP contribution in [0, 0.1) is 0 Å². The van der Waals surface area contributed by atoms with Crippen LogP contribution in [0.3, 0.4) is 0 Å². The number of nitrogens with two attached hydrogens (primary N) is 1. The summed E-state index contributed by atoms with van der Waals surface area (Å²) in [5, 5.41) is 0.951. The van der Waals surface area contributed by atoms with Gasteiger partial charge in [0.05, 0.1) is 30.6 Å². The van der Waals surface area contributed by atoms with Crippen molar-refractivity contribution >= 4 is 17.4 Å². The average molecular weight is 276 g/mol. The highest BCUT2D eigenvalue weighted by atomic mass is 32.2. The third-order valence-electron chi connectivity index (χ3n) is 2.42. The SMILES string of the molecule is COc1ccc(OCCSc2ccc(N)cn2)cc1. The second-order valence-electron chi connectivity index (χ2n) is 3.80. The number of aromatic nitrogens is 1. The second-order valence-corrected chi connectivity index (χ2v) is 4.92. The van der Waals surface area contributed by atoms with E-state index < -0.39 is 0 Å². The molecule has 19 heavy (non-hydrogen) atoms. The molecule has 2 N–H and O–H groups in total. The van der Waals surface area contributed by atoms with Crippen LogP contribution in [-0.2, 0) is 0 Å². The van der Waals surface area contributed by atoms with Gasteiger partial charge >= 0.3 is 0 Å². The van der Waals surface area contributed by atoms with E-state index in [1.54, 1.807) is 25.1 Å². The van der Waals surface area contributed by atoms with Gasteiger partial charge in [0.1, 0.15) is 11.5 Å². The molecule has 0 aliphatic rings. The minimum Gasteiger partial charge on any atom is -0.497 e. The van der Waals surface area contributed by atoms with E-state index in [1.165, 1.54) is 0 Å². The number of hydrogen-bond acceptors (Lipinski definition) is 5. The van der Waals surface area contributed by atoms with E-state index >= 15 is 0 Å². The van der Waals surface area contributed by atoms with Crippen LogP contribution >= 0.6 is 11.8 Å². The predicted molar refractivity (Wildman–Crippen MR) is 77.9 cm³/mol. The molecule has 0 saturated carbocycles. The molecule has 100 valence electrons. The van der Waals surface area contributed by atoms with Crippen molar-refractivity contribution in [3.05, 3.63) is 42.6 Å². The summed E-state index contributed by atoms with van der Waals surface area (Å²) in [4.78, 5) is 4.21. The van der Waals surface area contributed by atoms with Gasteiger partial charge < -0.3 is 15.2 Å². The average Bonchev–Trinajstić information content (AvgIpc) is 2.46. The number of hydrogen-bond donors (Lipinski definition) is 1. The van der Waals surface area contributed by atoms with E-state index in [-0.39, 0.29) is 0 Å². The molecule has 2 rings (SSSR count). The van der Waals surface area contributed by atoms with Crippen molar-refractivity contribution in [2.24, 2.45) is 0 Å².